The molecule has 0 atom stereocenters. The normalized spacial score (nSPS) is 10.9. The number of nitrogens with one attached hydrogen (secondary N) is 1. The summed E-state index contributed by atoms with van der Waals surface area (Å²) in [5, 5.41) is 14.6. The Bertz CT molecular complexity index is 890. The largest absolute Gasteiger partial charge is 0.455 e. The monoisotopic (exact) mass is 386 g/mol. The van der Waals surface area contributed by atoms with Gasteiger partial charge in [0, 0.05) is 16.1 Å². The summed E-state index contributed by atoms with van der Waals surface area (Å²) in [7, 11) is 0. The molecule has 0 saturated heterocycles. The van der Waals surface area contributed by atoms with Crippen molar-refractivity contribution in [2.24, 2.45) is 5.10 Å². The molecule has 0 spiro atoms. The van der Waals surface area contributed by atoms with Crippen LogP contribution in [0.25, 0.3) is 11.3 Å². The van der Waals surface area contributed by atoms with Gasteiger partial charge in [-0.2, -0.15) is 5.10 Å². The van der Waals surface area contributed by atoms with E-state index in [9.17, 15) is 10.1 Å². The Balaban J connectivity index is 1.66. The molecule has 2 heterocycles. The summed E-state index contributed by atoms with van der Waals surface area (Å²) in [6.07, 6.45) is 2.67. The molecule has 0 radical (unpaired) electrons. The van der Waals surface area contributed by atoms with Crippen molar-refractivity contribution in [2.75, 3.05) is 5.43 Å². The number of rotatable bonds is 5. The van der Waals surface area contributed by atoms with E-state index in [1.54, 1.807) is 6.07 Å². The Hall–Kier alpha value is -3.00. The van der Waals surface area contributed by atoms with Gasteiger partial charge < -0.3 is 4.42 Å². The predicted molar refractivity (Wildman–Crippen MR) is 94.0 cm³/mol. The molecular formula is C16H11BrN4O3. The average Bonchev–Trinajstić information content (AvgIpc) is 3.04. The first-order valence-electron chi connectivity index (χ1n) is 6.87. The Morgan fingerprint density at radius 1 is 1.25 bits per heavy atom. The second kappa shape index (κ2) is 7.05. The lowest BCUT2D eigenvalue weighted by Gasteiger charge is -1.98. The van der Waals surface area contributed by atoms with Gasteiger partial charge in [0.15, 0.2) is 0 Å². The van der Waals surface area contributed by atoms with Crippen LogP contribution in [0.5, 0.6) is 0 Å². The third kappa shape index (κ3) is 3.85. The van der Waals surface area contributed by atoms with Gasteiger partial charge >= 0.3 is 0 Å². The molecule has 8 heteroatoms. The van der Waals surface area contributed by atoms with E-state index in [1.807, 2.05) is 30.3 Å². The fourth-order valence-corrected chi connectivity index (χ4v) is 2.34. The number of anilines is 1. The van der Waals surface area contributed by atoms with Gasteiger partial charge in [0.1, 0.15) is 23.5 Å². The summed E-state index contributed by atoms with van der Waals surface area (Å²) in [4.78, 5) is 13.9. The molecule has 0 fully saturated rings. The molecule has 2 aromatic heterocycles. The van der Waals surface area contributed by atoms with Crippen LogP contribution in [0, 0.1) is 10.1 Å². The molecule has 1 aromatic carbocycles. The average molecular weight is 387 g/mol. The van der Waals surface area contributed by atoms with Gasteiger partial charge in [-0.25, -0.2) is 4.98 Å². The van der Waals surface area contributed by atoms with Gasteiger partial charge in [-0.05, 0) is 30.3 Å². The Morgan fingerprint density at radius 2 is 2.12 bits per heavy atom. The molecule has 0 unspecified atom stereocenters. The summed E-state index contributed by atoms with van der Waals surface area (Å²) in [5.74, 6) is 1.70. The van der Waals surface area contributed by atoms with Crippen LogP contribution in [0.1, 0.15) is 5.76 Å². The van der Waals surface area contributed by atoms with E-state index in [2.05, 4.69) is 31.4 Å². The molecule has 24 heavy (non-hydrogen) atoms. The second-order valence-electron chi connectivity index (χ2n) is 4.74. The molecule has 3 rings (SSSR count). The summed E-state index contributed by atoms with van der Waals surface area (Å²) in [6.45, 7) is 0. The van der Waals surface area contributed by atoms with E-state index in [4.69, 9.17) is 4.42 Å². The van der Waals surface area contributed by atoms with Crippen LogP contribution in [0.4, 0.5) is 11.5 Å². The first kappa shape index (κ1) is 15.9. The minimum atomic E-state index is -0.508. The second-order valence-corrected chi connectivity index (χ2v) is 5.66. The molecule has 0 saturated carbocycles. The number of aromatic nitrogens is 1. The number of hydrogen-bond acceptors (Lipinski definition) is 6. The Labute approximate surface area is 145 Å². The molecule has 7 nitrogen and oxygen atoms in total. The molecule has 0 bridgehead atoms. The zero-order chi connectivity index (χ0) is 16.9. The van der Waals surface area contributed by atoms with Crippen LogP contribution in [-0.2, 0) is 0 Å². The maximum absolute atomic E-state index is 10.6. The van der Waals surface area contributed by atoms with Gasteiger partial charge in [0.25, 0.3) is 5.69 Å². The number of hydrogen-bond donors (Lipinski definition) is 1. The van der Waals surface area contributed by atoms with Crippen molar-refractivity contribution in [1.82, 2.24) is 4.98 Å². The highest BCUT2D eigenvalue weighted by atomic mass is 79.9. The quantitative estimate of drug-likeness (QED) is 0.396. The number of benzene rings is 1. The molecule has 1 N–H and O–H groups in total. The van der Waals surface area contributed by atoms with Crippen LogP contribution in [0.2, 0.25) is 0 Å². The van der Waals surface area contributed by atoms with Crippen molar-refractivity contribution in [3.63, 3.8) is 0 Å². The molecule has 0 aliphatic rings. The van der Waals surface area contributed by atoms with Crippen LogP contribution in [-0.4, -0.2) is 16.1 Å². The van der Waals surface area contributed by atoms with E-state index >= 15 is 0 Å². The fourth-order valence-electron chi connectivity index (χ4n) is 1.94. The smallest absolute Gasteiger partial charge is 0.287 e. The molecule has 0 aliphatic carbocycles. The molecule has 0 amide bonds. The number of nitrogens with zero attached hydrogens (tertiary/aromatic N) is 3. The molecule has 0 aliphatic heterocycles. The van der Waals surface area contributed by atoms with Crippen molar-refractivity contribution < 1.29 is 9.34 Å². The minimum Gasteiger partial charge on any atom is -0.455 e. The SMILES string of the molecule is O=[N+]([O-])c1ccc(N/N=C/c2ccc(-c3cccc(Br)c3)o2)nc1. The number of nitro groups is 1. The topological polar surface area (TPSA) is 93.6 Å². The number of hydrazone groups is 1. The third-order valence-electron chi connectivity index (χ3n) is 3.07. The third-order valence-corrected chi connectivity index (χ3v) is 3.56. The van der Waals surface area contributed by atoms with Crippen molar-refractivity contribution in [2.45, 2.75) is 0 Å². The molecule has 3 aromatic rings. The van der Waals surface area contributed by atoms with Gasteiger partial charge in [0.2, 0.25) is 0 Å². The highest BCUT2D eigenvalue weighted by molar-refractivity contribution is 9.10. The van der Waals surface area contributed by atoms with Crippen molar-refractivity contribution in [3.05, 3.63) is 75.1 Å². The summed E-state index contributed by atoms with van der Waals surface area (Å²) >= 11 is 3.42. The zero-order valence-electron chi connectivity index (χ0n) is 12.2. The Kier molecular flexibility index (Phi) is 4.66. The van der Waals surface area contributed by atoms with Crippen molar-refractivity contribution in [3.8, 4) is 11.3 Å². The summed E-state index contributed by atoms with van der Waals surface area (Å²) in [5.41, 5.74) is 3.56. The fraction of sp³-hybridized carbons (Fsp3) is 0. The first-order chi connectivity index (χ1) is 11.6. The van der Waals surface area contributed by atoms with E-state index in [-0.39, 0.29) is 5.69 Å². The maximum Gasteiger partial charge on any atom is 0.287 e. The number of pyridine rings is 1. The van der Waals surface area contributed by atoms with Crippen LogP contribution in [0.3, 0.4) is 0 Å². The lowest BCUT2D eigenvalue weighted by Crippen LogP contribution is -1.94. The molecule has 120 valence electrons. The predicted octanol–water partition coefficient (Wildman–Crippen LogP) is 4.46. The van der Waals surface area contributed by atoms with Gasteiger partial charge in [-0.15, -0.1) is 0 Å². The highest BCUT2D eigenvalue weighted by Crippen LogP contribution is 2.24. The maximum atomic E-state index is 10.6. The molecular weight excluding hydrogens is 376 g/mol. The van der Waals surface area contributed by atoms with Crippen LogP contribution < -0.4 is 5.43 Å². The van der Waals surface area contributed by atoms with Crippen LogP contribution in [0.15, 0.2) is 68.7 Å². The lowest BCUT2D eigenvalue weighted by molar-refractivity contribution is -0.385. The van der Waals surface area contributed by atoms with Crippen molar-refractivity contribution in [1.29, 1.82) is 0 Å². The lowest BCUT2D eigenvalue weighted by atomic mass is 10.2. The van der Waals surface area contributed by atoms with Gasteiger partial charge in [0.05, 0.1) is 11.1 Å². The minimum absolute atomic E-state index is 0.0748. The van der Waals surface area contributed by atoms with Crippen LogP contribution >= 0.6 is 15.9 Å². The first-order valence-corrected chi connectivity index (χ1v) is 7.66. The number of halogens is 1. The van der Waals surface area contributed by atoms with Crippen molar-refractivity contribution >= 4 is 33.6 Å². The summed E-state index contributed by atoms with van der Waals surface area (Å²) in [6, 6.07) is 14.3. The van der Waals surface area contributed by atoms with E-state index < -0.39 is 4.92 Å². The van der Waals surface area contributed by atoms with Gasteiger partial charge in [-0.1, -0.05) is 28.1 Å². The van der Waals surface area contributed by atoms with E-state index in [1.165, 1.54) is 18.3 Å². The zero-order valence-corrected chi connectivity index (χ0v) is 13.8. The highest BCUT2D eigenvalue weighted by Gasteiger charge is 2.05. The Morgan fingerprint density at radius 3 is 2.83 bits per heavy atom. The summed E-state index contributed by atoms with van der Waals surface area (Å²) < 4.78 is 6.66. The van der Waals surface area contributed by atoms with E-state index in [0.29, 0.717) is 11.6 Å². The van der Waals surface area contributed by atoms with E-state index in [0.717, 1.165) is 22.0 Å². The van der Waals surface area contributed by atoms with Gasteiger partial charge in [-0.3, -0.25) is 15.5 Å². The standard InChI is InChI=1S/C16H11BrN4O3/c17-12-3-1-2-11(8-12)15-6-5-14(24-15)10-19-20-16-7-4-13(9-18-16)21(22)23/h1-10H,(H,18,20)/b19-10+. The number of furan rings is 1.